The van der Waals surface area contributed by atoms with Crippen LogP contribution in [0.15, 0.2) is 12.3 Å². The van der Waals surface area contributed by atoms with E-state index in [1.807, 2.05) is 13.8 Å². The maximum absolute atomic E-state index is 12.7. The molecule has 116 valence electrons. The third-order valence-corrected chi connectivity index (χ3v) is 3.65. The molecule has 0 spiro atoms. The molecule has 1 N–H and O–H groups in total. The van der Waals surface area contributed by atoms with E-state index in [0.29, 0.717) is 18.8 Å². The number of morpholine rings is 1. The van der Waals surface area contributed by atoms with Crippen molar-refractivity contribution >= 4 is 11.8 Å². The van der Waals surface area contributed by atoms with E-state index in [0.717, 1.165) is 0 Å². The topological polar surface area (TPSA) is 76.5 Å². The molecule has 7 nitrogen and oxygen atoms in total. The molecule has 0 aliphatic carbocycles. The van der Waals surface area contributed by atoms with E-state index in [-0.39, 0.29) is 24.4 Å². The van der Waals surface area contributed by atoms with Crippen LogP contribution in [0.5, 0.6) is 0 Å². The first-order valence-electron chi connectivity index (χ1n) is 7.08. The number of ether oxygens (including phenoxy) is 1. The molecule has 1 aliphatic rings. The molecule has 7 heteroatoms. The minimum atomic E-state index is -1.01. The highest BCUT2D eigenvalue weighted by atomic mass is 16.5. The summed E-state index contributed by atoms with van der Waals surface area (Å²) in [6.07, 6.45) is 1.62. The van der Waals surface area contributed by atoms with Crippen LogP contribution in [-0.2, 0) is 9.53 Å². The second kappa shape index (κ2) is 5.85. The molecule has 1 unspecified atom stereocenters. The summed E-state index contributed by atoms with van der Waals surface area (Å²) in [6, 6.07) is 1.81. The molecule has 21 heavy (non-hydrogen) atoms. The van der Waals surface area contributed by atoms with Crippen molar-refractivity contribution in [2.45, 2.75) is 32.4 Å². The van der Waals surface area contributed by atoms with Gasteiger partial charge in [-0.2, -0.15) is 5.10 Å². The van der Waals surface area contributed by atoms with E-state index in [9.17, 15) is 9.59 Å². The Morgan fingerprint density at radius 2 is 2.19 bits per heavy atom. The summed E-state index contributed by atoms with van der Waals surface area (Å²) in [5.74, 6) is -0.350. The Labute approximate surface area is 124 Å². The van der Waals surface area contributed by atoms with Crippen LogP contribution in [0, 0.1) is 0 Å². The van der Waals surface area contributed by atoms with Crippen molar-refractivity contribution in [3.63, 3.8) is 0 Å². The fraction of sp³-hybridized carbons (Fsp3) is 0.643. The largest absolute Gasteiger partial charge is 0.362 e. The van der Waals surface area contributed by atoms with Crippen LogP contribution in [0.4, 0.5) is 0 Å². The molecule has 0 bridgehead atoms. The molecule has 0 radical (unpaired) electrons. The van der Waals surface area contributed by atoms with Gasteiger partial charge < -0.3 is 15.0 Å². The monoisotopic (exact) mass is 294 g/mol. The Bertz CT molecular complexity index is 540. The second-order valence-corrected chi connectivity index (χ2v) is 5.64. The maximum Gasteiger partial charge on any atom is 0.272 e. The fourth-order valence-electron chi connectivity index (χ4n) is 2.50. The summed E-state index contributed by atoms with van der Waals surface area (Å²) in [5, 5.41) is 6.76. The third-order valence-electron chi connectivity index (χ3n) is 3.65. The van der Waals surface area contributed by atoms with Gasteiger partial charge in [0.2, 0.25) is 0 Å². The predicted molar refractivity (Wildman–Crippen MR) is 76.9 cm³/mol. The standard InChI is InChI=1S/C14H22N4O3/c1-10(2)18-11(5-6-16-18)12(19)17-7-8-21-14(3,9-17)13(20)15-4/h5-6,10H,7-9H2,1-4H3,(H,15,20). The lowest BCUT2D eigenvalue weighted by atomic mass is 10.0. The average molecular weight is 294 g/mol. The number of aromatic nitrogens is 2. The van der Waals surface area contributed by atoms with Gasteiger partial charge in [0.1, 0.15) is 5.69 Å². The number of nitrogens with zero attached hydrogens (tertiary/aromatic N) is 3. The third kappa shape index (κ3) is 2.92. The van der Waals surface area contributed by atoms with Gasteiger partial charge in [0.25, 0.3) is 11.8 Å². The van der Waals surface area contributed by atoms with Crippen molar-refractivity contribution in [2.75, 3.05) is 26.7 Å². The summed E-state index contributed by atoms with van der Waals surface area (Å²) in [5.41, 5.74) is -0.475. The molecular weight excluding hydrogens is 272 g/mol. The number of hydrogen-bond acceptors (Lipinski definition) is 4. The first-order valence-corrected chi connectivity index (χ1v) is 7.08. The van der Waals surface area contributed by atoms with Crippen molar-refractivity contribution in [1.82, 2.24) is 20.0 Å². The molecule has 1 saturated heterocycles. The first kappa shape index (κ1) is 15.5. The van der Waals surface area contributed by atoms with Gasteiger partial charge in [-0.15, -0.1) is 0 Å². The lowest BCUT2D eigenvalue weighted by Gasteiger charge is -2.39. The van der Waals surface area contributed by atoms with Gasteiger partial charge in [0.15, 0.2) is 5.60 Å². The molecule has 1 aromatic heterocycles. The summed E-state index contributed by atoms with van der Waals surface area (Å²) in [4.78, 5) is 26.2. The summed E-state index contributed by atoms with van der Waals surface area (Å²) < 4.78 is 7.25. The number of hydrogen-bond donors (Lipinski definition) is 1. The zero-order chi connectivity index (χ0) is 15.6. The normalized spacial score (nSPS) is 22.4. The average Bonchev–Trinajstić information content (AvgIpc) is 2.95. The van der Waals surface area contributed by atoms with E-state index in [1.54, 1.807) is 35.8 Å². The van der Waals surface area contributed by atoms with E-state index in [4.69, 9.17) is 4.74 Å². The van der Waals surface area contributed by atoms with Crippen molar-refractivity contribution in [2.24, 2.45) is 0 Å². The van der Waals surface area contributed by atoms with Gasteiger partial charge in [-0.25, -0.2) is 0 Å². The Balaban J connectivity index is 2.20. The van der Waals surface area contributed by atoms with Gasteiger partial charge in [-0.3, -0.25) is 14.3 Å². The summed E-state index contributed by atoms with van der Waals surface area (Å²) in [6.45, 7) is 6.68. The van der Waals surface area contributed by atoms with E-state index in [2.05, 4.69) is 10.4 Å². The van der Waals surface area contributed by atoms with Crippen molar-refractivity contribution in [1.29, 1.82) is 0 Å². The number of nitrogens with one attached hydrogen (secondary N) is 1. The first-order chi connectivity index (χ1) is 9.89. The van der Waals surface area contributed by atoms with Gasteiger partial charge >= 0.3 is 0 Å². The zero-order valence-electron chi connectivity index (χ0n) is 12.9. The van der Waals surface area contributed by atoms with Crippen LogP contribution in [0.25, 0.3) is 0 Å². The smallest absolute Gasteiger partial charge is 0.272 e. The summed E-state index contributed by atoms with van der Waals surface area (Å²) >= 11 is 0. The zero-order valence-corrected chi connectivity index (χ0v) is 12.9. The van der Waals surface area contributed by atoms with Crippen LogP contribution >= 0.6 is 0 Å². The maximum atomic E-state index is 12.7. The Morgan fingerprint density at radius 1 is 1.48 bits per heavy atom. The number of amides is 2. The lowest BCUT2D eigenvalue weighted by molar-refractivity contribution is -0.153. The second-order valence-electron chi connectivity index (χ2n) is 5.64. The van der Waals surface area contributed by atoms with Gasteiger partial charge in [0.05, 0.1) is 13.2 Å². The minimum absolute atomic E-state index is 0.102. The highest BCUT2D eigenvalue weighted by Crippen LogP contribution is 2.20. The highest BCUT2D eigenvalue weighted by Gasteiger charge is 2.40. The molecule has 1 atom stereocenters. The number of rotatable bonds is 3. The number of carbonyl (C=O) groups excluding carboxylic acids is 2. The molecule has 2 amide bonds. The lowest BCUT2D eigenvalue weighted by Crippen LogP contribution is -2.59. The van der Waals surface area contributed by atoms with E-state index >= 15 is 0 Å². The van der Waals surface area contributed by atoms with Gasteiger partial charge in [0, 0.05) is 25.8 Å². The van der Waals surface area contributed by atoms with Crippen LogP contribution < -0.4 is 5.32 Å². The number of carbonyl (C=O) groups is 2. The van der Waals surface area contributed by atoms with Crippen LogP contribution in [0.1, 0.15) is 37.3 Å². The Hall–Kier alpha value is -1.89. The SMILES string of the molecule is CNC(=O)C1(C)CN(C(=O)c2ccnn2C(C)C)CCO1. The van der Waals surface area contributed by atoms with Crippen LogP contribution in [-0.4, -0.2) is 58.8 Å². The Kier molecular flexibility index (Phi) is 4.32. The molecule has 2 rings (SSSR count). The predicted octanol–water partition coefficient (Wildman–Crippen LogP) is 0.441. The van der Waals surface area contributed by atoms with E-state index < -0.39 is 5.60 Å². The molecule has 1 aliphatic heterocycles. The molecule has 0 saturated carbocycles. The quantitative estimate of drug-likeness (QED) is 0.877. The van der Waals surface area contributed by atoms with Crippen molar-refractivity contribution in [3.05, 3.63) is 18.0 Å². The molecule has 1 fully saturated rings. The fourth-order valence-corrected chi connectivity index (χ4v) is 2.50. The summed E-state index contributed by atoms with van der Waals surface area (Å²) in [7, 11) is 1.56. The van der Waals surface area contributed by atoms with Crippen LogP contribution in [0.2, 0.25) is 0 Å². The van der Waals surface area contributed by atoms with E-state index in [1.165, 1.54) is 0 Å². The highest BCUT2D eigenvalue weighted by molar-refractivity contribution is 5.93. The minimum Gasteiger partial charge on any atom is -0.362 e. The molecule has 0 aromatic carbocycles. The Morgan fingerprint density at radius 3 is 2.81 bits per heavy atom. The van der Waals surface area contributed by atoms with Crippen LogP contribution in [0.3, 0.4) is 0 Å². The number of likely N-dealkylation sites (N-methyl/N-ethyl adjacent to an activating group) is 1. The molecule has 2 heterocycles. The molecular formula is C14H22N4O3. The van der Waals surface area contributed by atoms with Crippen molar-refractivity contribution < 1.29 is 14.3 Å². The molecule has 1 aromatic rings. The van der Waals surface area contributed by atoms with Gasteiger partial charge in [-0.1, -0.05) is 0 Å². The van der Waals surface area contributed by atoms with Gasteiger partial charge in [-0.05, 0) is 26.8 Å². The van der Waals surface area contributed by atoms with Crippen molar-refractivity contribution in [3.8, 4) is 0 Å².